The van der Waals surface area contributed by atoms with E-state index in [1.165, 1.54) is 5.56 Å². The first-order valence-electron chi connectivity index (χ1n) is 7.55. The Bertz CT molecular complexity index is 708. The monoisotopic (exact) mass is 330 g/mol. The second kappa shape index (κ2) is 6.50. The molecule has 1 aromatic carbocycles. The van der Waals surface area contributed by atoms with Crippen LogP contribution in [0.5, 0.6) is 0 Å². The average molecular weight is 330 g/mol. The zero-order valence-corrected chi connectivity index (χ0v) is 13.4. The second-order valence-corrected chi connectivity index (χ2v) is 6.88. The first-order chi connectivity index (χ1) is 11.1. The van der Waals surface area contributed by atoms with Gasteiger partial charge >= 0.3 is 5.97 Å². The Morgan fingerprint density at radius 3 is 2.65 bits per heavy atom. The van der Waals surface area contributed by atoms with Crippen LogP contribution in [-0.2, 0) is 22.4 Å². The van der Waals surface area contributed by atoms with E-state index < -0.39 is 11.4 Å². The summed E-state index contributed by atoms with van der Waals surface area (Å²) in [7, 11) is 0. The molecule has 2 aromatic rings. The van der Waals surface area contributed by atoms with Gasteiger partial charge in [0.1, 0.15) is 0 Å². The number of carbonyl (C=O) groups excluding carboxylic acids is 1. The highest BCUT2D eigenvalue weighted by atomic mass is 32.1. The number of aromatic nitrogens is 1. The van der Waals surface area contributed by atoms with Crippen LogP contribution < -0.4 is 5.32 Å². The third-order valence-electron chi connectivity index (χ3n) is 4.07. The first-order valence-corrected chi connectivity index (χ1v) is 8.43. The van der Waals surface area contributed by atoms with E-state index in [1.807, 2.05) is 23.6 Å². The molecular formula is C17H18N2O3S. The fourth-order valence-corrected chi connectivity index (χ4v) is 3.22. The van der Waals surface area contributed by atoms with Crippen LogP contribution in [0.3, 0.4) is 0 Å². The number of amides is 1. The number of rotatable bonds is 7. The third-order valence-corrected chi connectivity index (χ3v) is 4.97. The minimum atomic E-state index is -0.823. The number of thiazole rings is 1. The number of nitrogens with one attached hydrogen (secondary N) is 1. The number of carboxylic acid groups (broad SMARTS) is 1. The quantitative estimate of drug-likeness (QED) is 0.816. The summed E-state index contributed by atoms with van der Waals surface area (Å²) in [5.74, 6) is -0.995. The van der Waals surface area contributed by atoms with Crippen molar-refractivity contribution in [2.45, 2.75) is 25.7 Å². The molecule has 1 amide bonds. The fourth-order valence-electron chi connectivity index (χ4n) is 2.39. The Labute approximate surface area is 138 Å². The van der Waals surface area contributed by atoms with Crippen molar-refractivity contribution in [3.05, 3.63) is 52.0 Å². The molecule has 5 nitrogen and oxygen atoms in total. The molecule has 23 heavy (non-hydrogen) atoms. The molecule has 1 heterocycles. The van der Waals surface area contributed by atoms with Crippen molar-refractivity contribution in [2.24, 2.45) is 5.41 Å². The summed E-state index contributed by atoms with van der Waals surface area (Å²) in [6.07, 6.45) is 2.23. The van der Waals surface area contributed by atoms with Gasteiger partial charge in [-0.25, -0.2) is 4.98 Å². The molecule has 1 fully saturated rings. The van der Waals surface area contributed by atoms with Crippen molar-refractivity contribution in [2.75, 3.05) is 6.54 Å². The van der Waals surface area contributed by atoms with E-state index in [1.54, 1.807) is 11.3 Å². The van der Waals surface area contributed by atoms with Crippen molar-refractivity contribution in [1.82, 2.24) is 10.3 Å². The van der Waals surface area contributed by atoms with Gasteiger partial charge in [0.25, 0.3) is 0 Å². The molecule has 0 spiro atoms. The van der Waals surface area contributed by atoms with Crippen LogP contribution in [-0.4, -0.2) is 28.5 Å². The largest absolute Gasteiger partial charge is 0.481 e. The van der Waals surface area contributed by atoms with Crippen LogP contribution in [0.15, 0.2) is 35.7 Å². The van der Waals surface area contributed by atoms with E-state index in [2.05, 4.69) is 22.4 Å². The highest BCUT2D eigenvalue weighted by Gasteiger charge is 2.50. The standard InChI is InChI=1S/C17H18N2O3S/c20-14(18-11-17(6-7-17)16(21)22)9-13-10-23-15(19-13)8-12-4-2-1-3-5-12/h1-5,10H,6-9,11H2,(H,18,20)(H,21,22). The highest BCUT2D eigenvalue weighted by Crippen LogP contribution is 2.45. The number of hydrogen-bond donors (Lipinski definition) is 2. The molecule has 3 rings (SSSR count). The van der Waals surface area contributed by atoms with E-state index in [0.29, 0.717) is 12.8 Å². The highest BCUT2D eigenvalue weighted by molar-refractivity contribution is 7.09. The van der Waals surface area contributed by atoms with Crippen LogP contribution in [0.2, 0.25) is 0 Å². The summed E-state index contributed by atoms with van der Waals surface area (Å²) in [5, 5.41) is 14.7. The Morgan fingerprint density at radius 1 is 1.26 bits per heavy atom. The summed E-state index contributed by atoms with van der Waals surface area (Å²) >= 11 is 1.54. The van der Waals surface area contributed by atoms with E-state index in [0.717, 1.165) is 17.1 Å². The third kappa shape index (κ3) is 3.96. The number of aliphatic carboxylic acids is 1. The minimum absolute atomic E-state index is 0.172. The normalized spacial score (nSPS) is 15.1. The molecule has 0 atom stereocenters. The van der Waals surface area contributed by atoms with E-state index in [9.17, 15) is 9.59 Å². The fraction of sp³-hybridized carbons (Fsp3) is 0.353. The minimum Gasteiger partial charge on any atom is -0.481 e. The first kappa shape index (κ1) is 15.7. The molecule has 1 aromatic heterocycles. The molecule has 0 aliphatic heterocycles. The zero-order valence-electron chi connectivity index (χ0n) is 12.6. The van der Waals surface area contributed by atoms with E-state index in [-0.39, 0.29) is 18.9 Å². The number of nitrogens with zero attached hydrogens (tertiary/aromatic N) is 1. The maximum Gasteiger partial charge on any atom is 0.311 e. The molecule has 1 saturated carbocycles. The number of hydrogen-bond acceptors (Lipinski definition) is 4. The van der Waals surface area contributed by atoms with Gasteiger partial charge in [-0.2, -0.15) is 0 Å². The van der Waals surface area contributed by atoms with Gasteiger partial charge in [-0.1, -0.05) is 30.3 Å². The van der Waals surface area contributed by atoms with Gasteiger partial charge in [-0.15, -0.1) is 11.3 Å². The van der Waals surface area contributed by atoms with Gasteiger partial charge in [0, 0.05) is 18.3 Å². The topological polar surface area (TPSA) is 79.3 Å². The maximum absolute atomic E-state index is 11.9. The zero-order chi connectivity index (χ0) is 16.3. The Hall–Kier alpha value is -2.21. The maximum atomic E-state index is 11.9. The van der Waals surface area contributed by atoms with Gasteiger partial charge in [0.2, 0.25) is 5.91 Å². The summed E-state index contributed by atoms with van der Waals surface area (Å²) in [5.41, 5.74) is 1.20. The van der Waals surface area contributed by atoms with Crippen molar-refractivity contribution < 1.29 is 14.7 Å². The van der Waals surface area contributed by atoms with Crippen LogP contribution in [0.25, 0.3) is 0 Å². The number of benzene rings is 1. The lowest BCUT2D eigenvalue weighted by atomic mass is 10.1. The second-order valence-electron chi connectivity index (χ2n) is 5.93. The van der Waals surface area contributed by atoms with E-state index in [4.69, 9.17) is 5.11 Å². The lowest BCUT2D eigenvalue weighted by Crippen LogP contribution is -2.35. The van der Waals surface area contributed by atoms with E-state index >= 15 is 0 Å². The van der Waals surface area contributed by atoms with Crippen LogP contribution in [0.1, 0.15) is 29.1 Å². The molecule has 1 aliphatic rings. The summed E-state index contributed by atoms with van der Waals surface area (Å²) in [6, 6.07) is 10.1. The van der Waals surface area contributed by atoms with Crippen LogP contribution in [0, 0.1) is 5.41 Å². The van der Waals surface area contributed by atoms with Crippen molar-refractivity contribution in [3.8, 4) is 0 Å². The van der Waals surface area contributed by atoms with Gasteiger partial charge in [-0.3, -0.25) is 9.59 Å². The van der Waals surface area contributed by atoms with Crippen molar-refractivity contribution >= 4 is 23.2 Å². The van der Waals surface area contributed by atoms with Gasteiger partial charge < -0.3 is 10.4 Å². The Kier molecular flexibility index (Phi) is 4.43. The summed E-state index contributed by atoms with van der Waals surface area (Å²) in [6.45, 7) is 0.210. The molecule has 0 unspecified atom stereocenters. The number of carboxylic acids is 1. The molecule has 1 aliphatic carbocycles. The summed E-state index contributed by atoms with van der Waals surface area (Å²) < 4.78 is 0. The molecule has 6 heteroatoms. The molecular weight excluding hydrogens is 312 g/mol. The van der Waals surface area contributed by atoms with Crippen molar-refractivity contribution in [3.63, 3.8) is 0 Å². The molecule has 120 valence electrons. The van der Waals surface area contributed by atoms with Crippen LogP contribution in [0.4, 0.5) is 0 Å². The molecule has 0 bridgehead atoms. The lowest BCUT2D eigenvalue weighted by molar-refractivity contribution is -0.143. The lowest BCUT2D eigenvalue weighted by Gasteiger charge is -2.10. The van der Waals surface area contributed by atoms with Crippen LogP contribution >= 0.6 is 11.3 Å². The SMILES string of the molecule is O=C(Cc1csc(Cc2ccccc2)n1)NCC1(C(=O)O)CC1. The number of carbonyl (C=O) groups is 2. The van der Waals surface area contributed by atoms with Gasteiger partial charge in [-0.05, 0) is 18.4 Å². The Balaban J connectivity index is 1.50. The molecule has 0 radical (unpaired) electrons. The summed E-state index contributed by atoms with van der Waals surface area (Å²) in [4.78, 5) is 27.5. The molecule has 0 saturated heterocycles. The predicted molar refractivity (Wildman–Crippen MR) is 87.4 cm³/mol. The predicted octanol–water partition coefficient (Wildman–Crippen LogP) is 2.26. The van der Waals surface area contributed by atoms with Crippen molar-refractivity contribution in [1.29, 1.82) is 0 Å². The molecule has 2 N–H and O–H groups in total. The van der Waals surface area contributed by atoms with Gasteiger partial charge in [0.05, 0.1) is 22.5 Å². The smallest absolute Gasteiger partial charge is 0.311 e. The average Bonchev–Trinajstić information content (AvgIpc) is 3.22. The Morgan fingerprint density at radius 2 is 2.00 bits per heavy atom. The van der Waals surface area contributed by atoms with Gasteiger partial charge in [0.15, 0.2) is 0 Å².